The highest BCUT2D eigenvalue weighted by atomic mass is 32.1. The lowest BCUT2D eigenvalue weighted by molar-refractivity contribution is -0.114. The van der Waals surface area contributed by atoms with Crippen LogP contribution in [-0.4, -0.2) is 11.8 Å². The maximum absolute atomic E-state index is 11.9. The molecule has 0 unspecified atom stereocenters. The van der Waals surface area contributed by atoms with Gasteiger partial charge in [-0.1, -0.05) is 32.0 Å². The molecule has 0 saturated carbocycles. The van der Waals surface area contributed by atoms with E-state index in [1.54, 1.807) is 0 Å². The number of thiophene rings is 1. The van der Waals surface area contributed by atoms with Crippen molar-refractivity contribution in [3.05, 3.63) is 40.5 Å². The number of benzene rings is 1. The molecule has 2 aromatic rings. The van der Waals surface area contributed by atoms with Gasteiger partial charge in [0.05, 0.1) is 5.56 Å². The molecule has 3 N–H and O–H groups in total. The molecule has 1 heterocycles. The van der Waals surface area contributed by atoms with Gasteiger partial charge in [-0.3, -0.25) is 9.59 Å². The number of amides is 2. The number of carbonyl (C=O) groups is 2. The van der Waals surface area contributed by atoms with Gasteiger partial charge in [-0.25, -0.2) is 0 Å². The van der Waals surface area contributed by atoms with Crippen molar-refractivity contribution in [1.29, 1.82) is 0 Å². The summed E-state index contributed by atoms with van der Waals surface area (Å²) in [6.45, 7) is 5.80. The first-order valence-electron chi connectivity index (χ1n) is 7.74. The molecule has 1 aromatic heterocycles. The van der Waals surface area contributed by atoms with Crippen LogP contribution in [0.3, 0.4) is 0 Å². The van der Waals surface area contributed by atoms with Crippen LogP contribution in [-0.2, 0) is 17.6 Å². The summed E-state index contributed by atoms with van der Waals surface area (Å²) < 4.78 is 0. The fraction of sp³-hybridized carbons (Fsp3) is 0.333. The Kier molecular flexibility index (Phi) is 3.98. The molecule has 23 heavy (non-hydrogen) atoms. The number of rotatable bonds is 3. The molecule has 5 heteroatoms. The number of hydrogen-bond acceptors (Lipinski definition) is 3. The molecule has 120 valence electrons. The quantitative estimate of drug-likeness (QED) is 0.902. The summed E-state index contributed by atoms with van der Waals surface area (Å²) in [6, 6.07) is 6.52. The van der Waals surface area contributed by atoms with Crippen LogP contribution in [0, 0.1) is 0 Å². The zero-order valence-electron chi connectivity index (χ0n) is 13.5. The normalized spacial score (nSPS) is 12.7. The van der Waals surface area contributed by atoms with E-state index < -0.39 is 5.91 Å². The average Bonchev–Trinajstić information content (AvgIpc) is 2.83. The Balaban J connectivity index is 2.15. The number of fused-ring (bicyclic) bond motifs is 3. The molecule has 0 bridgehead atoms. The number of nitrogens with two attached hydrogens (primary N) is 1. The second-order valence-corrected chi connectivity index (χ2v) is 7.25. The molecule has 0 radical (unpaired) electrons. The van der Waals surface area contributed by atoms with Crippen molar-refractivity contribution in [2.45, 2.75) is 39.5 Å². The third-order valence-electron chi connectivity index (χ3n) is 4.23. The van der Waals surface area contributed by atoms with E-state index in [1.807, 2.05) is 0 Å². The Morgan fingerprint density at radius 3 is 2.61 bits per heavy atom. The van der Waals surface area contributed by atoms with E-state index in [0.29, 0.717) is 16.5 Å². The van der Waals surface area contributed by atoms with Gasteiger partial charge in [0.15, 0.2) is 0 Å². The Labute approximate surface area is 139 Å². The lowest BCUT2D eigenvalue weighted by Gasteiger charge is -2.19. The first kappa shape index (κ1) is 15.7. The van der Waals surface area contributed by atoms with Crippen molar-refractivity contribution < 1.29 is 9.59 Å². The van der Waals surface area contributed by atoms with Crippen molar-refractivity contribution in [1.82, 2.24) is 0 Å². The third-order valence-corrected chi connectivity index (χ3v) is 5.41. The van der Waals surface area contributed by atoms with Gasteiger partial charge < -0.3 is 11.1 Å². The van der Waals surface area contributed by atoms with Gasteiger partial charge in [0, 0.05) is 11.8 Å². The summed E-state index contributed by atoms with van der Waals surface area (Å²) in [4.78, 5) is 24.3. The molecule has 3 rings (SSSR count). The number of hydrogen-bond donors (Lipinski definition) is 2. The predicted molar refractivity (Wildman–Crippen MR) is 94.1 cm³/mol. The number of aryl methyl sites for hydroxylation is 1. The molecule has 4 nitrogen and oxygen atoms in total. The SMILES string of the molecule is CC(=O)Nc1sc2c(c1C(N)=O)CCc1cc(C(C)C)ccc1-2. The minimum absolute atomic E-state index is 0.193. The summed E-state index contributed by atoms with van der Waals surface area (Å²) in [7, 11) is 0. The van der Waals surface area contributed by atoms with E-state index >= 15 is 0 Å². The molecule has 2 amide bonds. The zero-order valence-corrected chi connectivity index (χ0v) is 14.3. The third kappa shape index (κ3) is 2.77. The predicted octanol–water partition coefficient (Wildman–Crippen LogP) is 3.69. The molecule has 1 aromatic carbocycles. The first-order chi connectivity index (χ1) is 10.9. The molecule has 0 saturated heterocycles. The standard InChI is InChI=1S/C18H20N2O2S/c1-9(2)11-4-6-13-12(8-11)5-7-14-15(17(19)22)18(20-10(3)21)23-16(13)14/h4,6,8-9H,5,7H2,1-3H3,(H2,19,22)(H,20,21). The largest absolute Gasteiger partial charge is 0.365 e. The summed E-state index contributed by atoms with van der Waals surface area (Å²) in [5.41, 5.74) is 10.8. The number of primary amides is 1. The van der Waals surface area contributed by atoms with Crippen LogP contribution in [0.15, 0.2) is 18.2 Å². The molecule has 0 aliphatic heterocycles. The van der Waals surface area contributed by atoms with E-state index in [9.17, 15) is 9.59 Å². The highest BCUT2D eigenvalue weighted by Gasteiger charge is 2.27. The highest BCUT2D eigenvalue weighted by molar-refractivity contribution is 7.20. The van der Waals surface area contributed by atoms with Crippen LogP contribution in [0.4, 0.5) is 5.00 Å². The number of carbonyl (C=O) groups excluding carboxylic acids is 2. The minimum atomic E-state index is -0.478. The maximum Gasteiger partial charge on any atom is 0.252 e. The number of anilines is 1. The molecular formula is C18H20N2O2S. The van der Waals surface area contributed by atoms with Crippen molar-refractivity contribution in [3.63, 3.8) is 0 Å². The van der Waals surface area contributed by atoms with Gasteiger partial charge in [-0.15, -0.1) is 11.3 Å². The van der Waals surface area contributed by atoms with Gasteiger partial charge >= 0.3 is 0 Å². The lowest BCUT2D eigenvalue weighted by Crippen LogP contribution is -2.17. The van der Waals surface area contributed by atoms with Crippen LogP contribution in [0.2, 0.25) is 0 Å². The van der Waals surface area contributed by atoms with Gasteiger partial charge in [0.2, 0.25) is 5.91 Å². The van der Waals surface area contributed by atoms with Crippen LogP contribution in [0.5, 0.6) is 0 Å². The zero-order chi connectivity index (χ0) is 16.7. The fourth-order valence-electron chi connectivity index (χ4n) is 3.09. The van der Waals surface area contributed by atoms with Crippen LogP contribution in [0.25, 0.3) is 10.4 Å². The molecule has 0 spiro atoms. The minimum Gasteiger partial charge on any atom is -0.365 e. The second-order valence-electron chi connectivity index (χ2n) is 6.23. The van der Waals surface area contributed by atoms with Crippen LogP contribution >= 0.6 is 11.3 Å². The highest BCUT2D eigenvalue weighted by Crippen LogP contribution is 2.45. The van der Waals surface area contributed by atoms with E-state index in [0.717, 1.165) is 28.8 Å². The second kappa shape index (κ2) is 5.81. The van der Waals surface area contributed by atoms with Crippen molar-refractivity contribution in [3.8, 4) is 10.4 Å². The maximum atomic E-state index is 11.9. The Morgan fingerprint density at radius 1 is 1.26 bits per heavy atom. The topological polar surface area (TPSA) is 72.2 Å². The summed E-state index contributed by atoms with van der Waals surface area (Å²) in [5.74, 6) is -0.184. The Hall–Kier alpha value is -2.14. The lowest BCUT2D eigenvalue weighted by atomic mass is 9.86. The van der Waals surface area contributed by atoms with Crippen LogP contribution in [0.1, 0.15) is 53.7 Å². The van der Waals surface area contributed by atoms with Crippen molar-refractivity contribution in [2.24, 2.45) is 5.73 Å². The summed E-state index contributed by atoms with van der Waals surface area (Å²) in [6.07, 6.45) is 1.66. The number of nitrogens with one attached hydrogen (secondary N) is 1. The van der Waals surface area contributed by atoms with E-state index in [4.69, 9.17) is 5.73 Å². The van der Waals surface area contributed by atoms with E-state index in [1.165, 1.54) is 29.4 Å². The molecule has 1 aliphatic carbocycles. The Morgan fingerprint density at radius 2 is 2.00 bits per heavy atom. The monoisotopic (exact) mass is 328 g/mol. The van der Waals surface area contributed by atoms with Gasteiger partial charge in [-0.05, 0) is 41.0 Å². The molecule has 0 fully saturated rings. The molecule has 1 aliphatic rings. The fourth-order valence-corrected chi connectivity index (χ4v) is 4.45. The van der Waals surface area contributed by atoms with Crippen LogP contribution < -0.4 is 11.1 Å². The van der Waals surface area contributed by atoms with E-state index in [2.05, 4.69) is 37.4 Å². The van der Waals surface area contributed by atoms with Gasteiger partial charge in [0.25, 0.3) is 5.91 Å². The molecular weight excluding hydrogens is 308 g/mol. The smallest absolute Gasteiger partial charge is 0.252 e. The average molecular weight is 328 g/mol. The summed E-state index contributed by atoms with van der Waals surface area (Å²) in [5, 5.41) is 3.32. The first-order valence-corrected chi connectivity index (χ1v) is 8.56. The van der Waals surface area contributed by atoms with Crippen molar-refractivity contribution in [2.75, 3.05) is 5.32 Å². The van der Waals surface area contributed by atoms with Gasteiger partial charge in [-0.2, -0.15) is 0 Å². The van der Waals surface area contributed by atoms with E-state index in [-0.39, 0.29) is 5.91 Å². The molecule has 0 atom stereocenters. The van der Waals surface area contributed by atoms with Crippen molar-refractivity contribution >= 4 is 28.2 Å². The van der Waals surface area contributed by atoms with Gasteiger partial charge in [0.1, 0.15) is 5.00 Å². The summed E-state index contributed by atoms with van der Waals surface area (Å²) >= 11 is 1.44. The Bertz CT molecular complexity index is 806.